The quantitative estimate of drug-likeness (QED) is 0.851. The molecule has 0 saturated heterocycles. The van der Waals surface area contributed by atoms with Gasteiger partial charge in [0.15, 0.2) is 0 Å². The summed E-state index contributed by atoms with van der Waals surface area (Å²) >= 11 is 6.90. The number of aliphatic hydroxyl groups is 1. The van der Waals surface area contributed by atoms with Crippen LogP contribution in [0.25, 0.3) is 0 Å². The Morgan fingerprint density at radius 2 is 2.00 bits per heavy atom. The van der Waals surface area contributed by atoms with Gasteiger partial charge in [-0.25, -0.2) is 4.98 Å². The normalized spacial score (nSPS) is 10.7. The Labute approximate surface area is 128 Å². The molecule has 19 heavy (non-hydrogen) atoms. The maximum Gasteiger partial charge on any atom is 0.148 e. The van der Waals surface area contributed by atoms with Crippen LogP contribution < -0.4 is 4.74 Å². The number of halogens is 2. The predicted octanol–water partition coefficient (Wildman–Crippen LogP) is 3.50. The van der Waals surface area contributed by atoms with Crippen LogP contribution in [0.2, 0.25) is 0 Å². The first-order valence-corrected chi connectivity index (χ1v) is 7.45. The predicted molar refractivity (Wildman–Crippen MR) is 80.0 cm³/mol. The molecule has 1 heterocycles. The minimum atomic E-state index is 0.0000846. The van der Waals surface area contributed by atoms with Crippen molar-refractivity contribution in [2.24, 2.45) is 0 Å². The first kappa shape index (κ1) is 14.6. The number of nitrogens with zero attached hydrogens (tertiary/aromatic N) is 2. The third-order valence-electron chi connectivity index (χ3n) is 2.74. The van der Waals surface area contributed by atoms with Crippen molar-refractivity contribution in [1.82, 2.24) is 9.55 Å². The molecule has 2 rings (SSSR count). The van der Waals surface area contributed by atoms with Crippen LogP contribution in [0.15, 0.2) is 33.6 Å². The van der Waals surface area contributed by atoms with E-state index >= 15 is 0 Å². The first-order valence-electron chi connectivity index (χ1n) is 5.86. The van der Waals surface area contributed by atoms with Crippen molar-refractivity contribution in [2.45, 2.75) is 26.7 Å². The number of aromatic nitrogens is 2. The van der Waals surface area contributed by atoms with E-state index in [1.165, 1.54) is 0 Å². The summed E-state index contributed by atoms with van der Waals surface area (Å²) in [7, 11) is 0. The number of hydrogen-bond acceptors (Lipinski definition) is 3. The Kier molecular flexibility index (Phi) is 5.01. The summed E-state index contributed by atoms with van der Waals surface area (Å²) in [4.78, 5) is 4.10. The molecule has 0 aliphatic heterocycles. The van der Waals surface area contributed by atoms with Gasteiger partial charge in [-0.3, -0.25) is 0 Å². The summed E-state index contributed by atoms with van der Waals surface area (Å²) in [6.45, 7) is 3.38. The van der Waals surface area contributed by atoms with Gasteiger partial charge in [-0.15, -0.1) is 0 Å². The van der Waals surface area contributed by atoms with Crippen molar-refractivity contribution in [1.29, 1.82) is 0 Å². The molecule has 2 aromatic rings. The maximum atomic E-state index is 9.13. The van der Waals surface area contributed by atoms with E-state index in [9.17, 15) is 0 Å². The number of benzene rings is 1. The summed E-state index contributed by atoms with van der Waals surface area (Å²) < 4.78 is 9.48. The number of imidazole rings is 1. The van der Waals surface area contributed by atoms with Crippen LogP contribution in [-0.2, 0) is 19.8 Å². The topological polar surface area (TPSA) is 47.3 Å². The third-order valence-corrected chi connectivity index (χ3v) is 3.92. The largest absolute Gasteiger partial charge is 0.485 e. The number of aryl methyl sites for hydroxylation is 1. The summed E-state index contributed by atoms with van der Waals surface area (Å²) in [5, 5.41) is 9.13. The van der Waals surface area contributed by atoms with Gasteiger partial charge < -0.3 is 14.4 Å². The number of aliphatic hydroxyl groups excluding tert-OH is 1. The van der Waals surface area contributed by atoms with Crippen LogP contribution in [0.1, 0.15) is 18.2 Å². The summed E-state index contributed by atoms with van der Waals surface area (Å²) in [6, 6.07) is 3.69. The zero-order valence-corrected chi connectivity index (χ0v) is 13.6. The van der Waals surface area contributed by atoms with Crippen LogP contribution in [0.5, 0.6) is 5.75 Å². The maximum absolute atomic E-state index is 9.13. The smallest absolute Gasteiger partial charge is 0.148 e. The van der Waals surface area contributed by atoms with Crippen molar-refractivity contribution < 1.29 is 9.84 Å². The van der Waals surface area contributed by atoms with Crippen LogP contribution in [0, 0.1) is 0 Å². The molecule has 1 aromatic carbocycles. The van der Waals surface area contributed by atoms with Crippen LogP contribution in [0.3, 0.4) is 0 Å². The standard InChI is InChI=1S/C13H14Br2N2O2/c1-2-17-8-16-5-10(17)7-19-13-11(14)3-9(6-18)4-12(13)15/h3-5,8,18H,2,6-7H2,1H3. The lowest BCUT2D eigenvalue weighted by Gasteiger charge is -2.12. The van der Waals surface area contributed by atoms with E-state index in [2.05, 4.69) is 43.8 Å². The van der Waals surface area contributed by atoms with E-state index in [0.717, 1.165) is 32.5 Å². The van der Waals surface area contributed by atoms with E-state index in [0.29, 0.717) is 6.61 Å². The van der Waals surface area contributed by atoms with Gasteiger partial charge in [0, 0.05) is 6.54 Å². The van der Waals surface area contributed by atoms with Gasteiger partial charge in [-0.1, -0.05) is 0 Å². The van der Waals surface area contributed by atoms with Crippen molar-refractivity contribution in [2.75, 3.05) is 0 Å². The Bertz CT molecular complexity index is 547. The highest BCUT2D eigenvalue weighted by Gasteiger charge is 2.10. The van der Waals surface area contributed by atoms with Gasteiger partial charge in [0.1, 0.15) is 12.4 Å². The molecule has 1 aromatic heterocycles. The molecule has 0 radical (unpaired) electrons. The van der Waals surface area contributed by atoms with Crippen LogP contribution >= 0.6 is 31.9 Å². The molecule has 0 aliphatic rings. The van der Waals surface area contributed by atoms with Gasteiger partial charge in [-0.05, 0) is 56.5 Å². The third kappa shape index (κ3) is 3.38. The zero-order chi connectivity index (χ0) is 13.8. The molecule has 0 unspecified atom stereocenters. The molecule has 0 saturated carbocycles. The van der Waals surface area contributed by atoms with Crippen molar-refractivity contribution >= 4 is 31.9 Å². The van der Waals surface area contributed by atoms with E-state index in [4.69, 9.17) is 9.84 Å². The Hall–Kier alpha value is -0.850. The van der Waals surface area contributed by atoms with Gasteiger partial charge in [0.05, 0.1) is 33.8 Å². The van der Waals surface area contributed by atoms with Crippen molar-refractivity contribution in [3.05, 3.63) is 44.9 Å². The lowest BCUT2D eigenvalue weighted by Crippen LogP contribution is -2.04. The fourth-order valence-corrected chi connectivity index (χ4v) is 3.25. The highest BCUT2D eigenvalue weighted by molar-refractivity contribution is 9.11. The molecule has 0 atom stereocenters. The molecule has 4 nitrogen and oxygen atoms in total. The molecular weight excluding hydrogens is 376 g/mol. The highest BCUT2D eigenvalue weighted by atomic mass is 79.9. The summed E-state index contributed by atoms with van der Waals surface area (Å²) in [5.74, 6) is 0.723. The van der Waals surface area contributed by atoms with Gasteiger partial charge in [-0.2, -0.15) is 0 Å². The van der Waals surface area contributed by atoms with Crippen molar-refractivity contribution in [3.63, 3.8) is 0 Å². The monoisotopic (exact) mass is 388 g/mol. The zero-order valence-electron chi connectivity index (χ0n) is 10.4. The summed E-state index contributed by atoms with van der Waals surface area (Å²) in [6.07, 6.45) is 3.59. The first-order chi connectivity index (χ1) is 9.15. The molecular formula is C13H14Br2N2O2. The Morgan fingerprint density at radius 3 is 2.58 bits per heavy atom. The molecule has 0 fully saturated rings. The average Bonchev–Trinajstić information content (AvgIpc) is 2.85. The van der Waals surface area contributed by atoms with E-state index < -0.39 is 0 Å². The van der Waals surface area contributed by atoms with Crippen molar-refractivity contribution in [3.8, 4) is 5.75 Å². The molecule has 102 valence electrons. The van der Waals surface area contributed by atoms with Gasteiger partial charge in [0.2, 0.25) is 0 Å². The van der Waals surface area contributed by atoms with Crippen LogP contribution in [-0.4, -0.2) is 14.7 Å². The second-order valence-electron chi connectivity index (χ2n) is 4.01. The van der Waals surface area contributed by atoms with Gasteiger partial charge >= 0.3 is 0 Å². The van der Waals surface area contributed by atoms with E-state index in [-0.39, 0.29) is 6.61 Å². The second kappa shape index (κ2) is 6.54. The SMILES string of the molecule is CCn1cncc1COc1c(Br)cc(CO)cc1Br. The van der Waals surface area contributed by atoms with E-state index in [1.54, 1.807) is 12.5 Å². The number of rotatable bonds is 5. The summed E-state index contributed by atoms with van der Waals surface area (Å²) in [5.41, 5.74) is 1.84. The number of hydrogen-bond donors (Lipinski definition) is 1. The fourth-order valence-electron chi connectivity index (χ4n) is 1.74. The molecule has 0 amide bonds. The Morgan fingerprint density at radius 1 is 1.32 bits per heavy atom. The van der Waals surface area contributed by atoms with E-state index in [1.807, 2.05) is 16.7 Å². The highest BCUT2D eigenvalue weighted by Crippen LogP contribution is 2.35. The second-order valence-corrected chi connectivity index (χ2v) is 5.72. The number of ether oxygens (including phenoxy) is 1. The molecule has 1 N–H and O–H groups in total. The lowest BCUT2D eigenvalue weighted by atomic mass is 10.2. The minimum absolute atomic E-state index is 0.0000846. The molecule has 0 spiro atoms. The average molecular weight is 390 g/mol. The van der Waals surface area contributed by atoms with Crippen LogP contribution in [0.4, 0.5) is 0 Å². The molecule has 6 heteroatoms. The molecule has 0 bridgehead atoms. The molecule has 0 aliphatic carbocycles. The Balaban J connectivity index is 2.16. The van der Waals surface area contributed by atoms with Gasteiger partial charge in [0.25, 0.3) is 0 Å². The fraction of sp³-hybridized carbons (Fsp3) is 0.308. The minimum Gasteiger partial charge on any atom is -0.485 e. The lowest BCUT2D eigenvalue weighted by molar-refractivity contribution is 0.279.